The second-order valence-corrected chi connectivity index (χ2v) is 7.74. The van der Waals surface area contributed by atoms with E-state index in [9.17, 15) is 4.79 Å². The van der Waals surface area contributed by atoms with Crippen molar-refractivity contribution >= 4 is 48.9 Å². The molecular formula is C29H18O. The van der Waals surface area contributed by atoms with E-state index in [1.54, 1.807) is 0 Å². The smallest absolute Gasteiger partial charge is 0.193 e. The van der Waals surface area contributed by atoms with Gasteiger partial charge in [-0.2, -0.15) is 0 Å². The summed E-state index contributed by atoms with van der Waals surface area (Å²) in [7, 11) is 0. The van der Waals surface area contributed by atoms with Crippen LogP contribution in [0.3, 0.4) is 0 Å². The summed E-state index contributed by atoms with van der Waals surface area (Å²) in [6.45, 7) is 0. The van der Waals surface area contributed by atoms with Gasteiger partial charge in [-0.3, -0.25) is 4.79 Å². The first-order chi connectivity index (χ1) is 14.8. The summed E-state index contributed by atoms with van der Waals surface area (Å²) in [5.41, 5.74) is 1.44. The van der Waals surface area contributed by atoms with Crippen LogP contribution < -0.4 is 0 Å². The molecule has 1 nitrogen and oxygen atoms in total. The standard InChI is InChI=1S/C29H18O/c30-29(21-7-2-1-3-8-21)22-11-10-20-13-15-26-25-14-12-19-6-4-5-9-23(19)24(25)16-17-27(26)28(20)18-22/h1-18H. The Morgan fingerprint density at radius 2 is 0.933 bits per heavy atom. The number of rotatable bonds is 2. The number of hydrogen-bond donors (Lipinski definition) is 0. The molecule has 0 N–H and O–H groups in total. The first kappa shape index (κ1) is 16.9. The molecule has 0 aliphatic heterocycles. The van der Waals surface area contributed by atoms with Crippen molar-refractivity contribution in [1.29, 1.82) is 0 Å². The monoisotopic (exact) mass is 382 g/mol. The van der Waals surface area contributed by atoms with Gasteiger partial charge in [-0.1, -0.05) is 103 Å². The van der Waals surface area contributed by atoms with E-state index in [2.05, 4.69) is 66.7 Å². The molecule has 0 aromatic heterocycles. The maximum absolute atomic E-state index is 13.0. The highest BCUT2D eigenvalue weighted by atomic mass is 16.1. The molecule has 0 saturated carbocycles. The minimum absolute atomic E-state index is 0.0567. The van der Waals surface area contributed by atoms with Crippen LogP contribution in [0.2, 0.25) is 0 Å². The fourth-order valence-corrected chi connectivity index (χ4v) is 4.53. The van der Waals surface area contributed by atoms with E-state index in [0.29, 0.717) is 5.56 Å². The lowest BCUT2D eigenvalue weighted by Gasteiger charge is -2.11. The molecule has 0 bridgehead atoms. The van der Waals surface area contributed by atoms with Gasteiger partial charge in [0, 0.05) is 11.1 Å². The van der Waals surface area contributed by atoms with Crippen molar-refractivity contribution in [3.05, 3.63) is 120 Å². The molecule has 0 aliphatic rings. The molecule has 0 atom stereocenters. The lowest BCUT2D eigenvalue weighted by molar-refractivity contribution is 0.103. The summed E-state index contributed by atoms with van der Waals surface area (Å²) >= 11 is 0. The van der Waals surface area contributed by atoms with Crippen molar-refractivity contribution in [3.8, 4) is 0 Å². The zero-order valence-electron chi connectivity index (χ0n) is 16.3. The Morgan fingerprint density at radius 1 is 0.400 bits per heavy atom. The first-order valence-corrected chi connectivity index (χ1v) is 10.2. The van der Waals surface area contributed by atoms with Crippen LogP contribution in [0.25, 0.3) is 43.1 Å². The molecule has 0 saturated heterocycles. The van der Waals surface area contributed by atoms with Gasteiger partial charge in [-0.05, 0) is 49.2 Å². The number of carbonyl (C=O) groups excluding carboxylic acids is 1. The summed E-state index contributed by atoms with van der Waals surface area (Å²) in [5, 5.41) is 9.68. The summed E-state index contributed by atoms with van der Waals surface area (Å²) in [5.74, 6) is 0.0567. The molecule has 0 aliphatic carbocycles. The second-order valence-electron chi connectivity index (χ2n) is 7.74. The average Bonchev–Trinajstić information content (AvgIpc) is 2.83. The molecule has 6 aromatic carbocycles. The van der Waals surface area contributed by atoms with Crippen molar-refractivity contribution in [1.82, 2.24) is 0 Å². The lowest BCUT2D eigenvalue weighted by atomic mass is 9.93. The Bertz CT molecular complexity index is 1590. The molecule has 0 amide bonds. The van der Waals surface area contributed by atoms with Gasteiger partial charge >= 0.3 is 0 Å². The largest absolute Gasteiger partial charge is 0.289 e. The lowest BCUT2D eigenvalue weighted by Crippen LogP contribution is -2.00. The van der Waals surface area contributed by atoms with Crippen LogP contribution in [0.5, 0.6) is 0 Å². The van der Waals surface area contributed by atoms with Crippen LogP contribution >= 0.6 is 0 Å². The second kappa shape index (κ2) is 6.53. The van der Waals surface area contributed by atoms with Crippen molar-refractivity contribution < 1.29 is 4.79 Å². The molecule has 6 aromatic rings. The average molecular weight is 382 g/mol. The Morgan fingerprint density at radius 3 is 1.70 bits per heavy atom. The zero-order chi connectivity index (χ0) is 20.1. The van der Waals surface area contributed by atoms with E-state index in [0.717, 1.165) is 16.3 Å². The first-order valence-electron chi connectivity index (χ1n) is 10.2. The van der Waals surface area contributed by atoms with E-state index in [4.69, 9.17) is 0 Å². The molecule has 6 rings (SSSR count). The van der Waals surface area contributed by atoms with Crippen molar-refractivity contribution in [2.75, 3.05) is 0 Å². The summed E-state index contributed by atoms with van der Waals surface area (Å²) < 4.78 is 0. The SMILES string of the molecule is O=C(c1ccccc1)c1ccc2ccc3c(ccc4c5ccccc5ccc43)c2c1. The Balaban J connectivity index is 1.63. The minimum atomic E-state index is 0.0567. The number of fused-ring (bicyclic) bond motifs is 7. The van der Waals surface area contributed by atoms with Crippen molar-refractivity contribution in [2.45, 2.75) is 0 Å². The molecule has 140 valence electrons. The van der Waals surface area contributed by atoms with Gasteiger partial charge in [0.1, 0.15) is 0 Å². The minimum Gasteiger partial charge on any atom is -0.289 e. The molecule has 0 unspecified atom stereocenters. The molecule has 30 heavy (non-hydrogen) atoms. The van der Waals surface area contributed by atoms with Crippen LogP contribution in [0.4, 0.5) is 0 Å². The van der Waals surface area contributed by atoms with Gasteiger partial charge in [0.2, 0.25) is 0 Å². The molecule has 0 spiro atoms. The van der Waals surface area contributed by atoms with Crippen LogP contribution in [0.1, 0.15) is 15.9 Å². The fraction of sp³-hybridized carbons (Fsp3) is 0. The number of carbonyl (C=O) groups is 1. The van der Waals surface area contributed by atoms with Crippen LogP contribution in [-0.2, 0) is 0 Å². The van der Waals surface area contributed by atoms with Gasteiger partial charge in [-0.15, -0.1) is 0 Å². The highest BCUT2D eigenvalue weighted by molar-refractivity contribution is 6.23. The third-order valence-corrected chi connectivity index (χ3v) is 6.04. The molecule has 1 heteroatoms. The van der Waals surface area contributed by atoms with Gasteiger partial charge in [0.15, 0.2) is 5.78 Å². The van der Waals surface area contributed by atoms with E-state index in [-0.39, 0.29) is 5.78 Å². The summed E-state index contributed by atoms with van der Waals surface area (Å²) in [4.78, 5) is 13.0. The van der Waals surface area contributed by atoms with E-state index in [1.807, 2.05) is 42.5 Å². The quantitative estimate of drug-likeness (QED) is 0.223. The molecule has 0 heterocycles. The maximum Gasteiger partial charge on any atom is 0.193 e. The van der Waals surface area contributed by atoms with Crippen molar-refractivity contribution in [3.63, 3.8) is 0 Å². The van der Waals surface area contributed by atoms with Gasteiger partial charge in [0.05, 0.1) is 0 Å². The van der Waals surface area contributed by atoms with E-state index >= 15 is 0 Å². The number of benzene rings is 6. The fourth-order valence-electron chi connectivity index (χ4n) is 4.53. The molecular weight excluding hydrogens is 364 g/mol. The van der Waals surface area contributed by atoms with Crippen LogP contribution in [0.15, 0.2) is 109 Å². The van der Waals surface area contributed by atoms with Crippen LogP contribution in [-0.4, -0.2) is 5.78 Å². The van der Waals surface area contributed by atoms with Crippen molar-refractivity contribution in [2.24, 2.45) is 0 Å². The summed E-state index contributed by atoms with van der Waals surface area (Å²) in [6.07, 6.45) is 0. The molecule has 0 radical (unpaired) electrons. The van der Waals surface area contributed by atoms with E-state index < -0.39 is 0 Å². The maximum atomic E-state index is 13.0. The third kappa shape index (κ3) is 2.53. The predicted molar refractivity (Wildman–Crippen MR) is 126 cm³/mol. The highest BCUT2D eigenvalue weighted by Crippen LogP contribution is 2.35. The Hall–Kier alpha value is -3.97. The Kier molecular flexibility index (Phi) is 3.69. The predicted octanol–water partition coefficient (Wildman–Crippen LogP) is 7.53. The van der Waals surface area contributed by atoms with Gasteiger partial charge in [0.25, 0.3) is 0 Å². The topological polar surface area (TPSA) is 17.1 Å². The third-order valence-electron chi connectivity index (χ3n) is 6.04. The zero-order valence-corrected chi connectivity index (χ0v) is 16.3. The number of ketones is 1. The van der Waals surface area contributed by atoms with Gasteiger partial charge in [-0.25, -0.2) is 0 Å². The molecule has 0 fully saturated rings. The highest BCUT2D eigenvalue weighted by Gasteiger charge is 2.12. The Labute approximate surface area is 174 Å². The van der Waals surface area contributed by atoms with Gasteiger partial charge < -0.3 is 0 Å². The number of hydrogen-bond acceptors (Lipinski definition) is 1. The van der Waals surface area contributed by atoms with E-state index in [1.165, 1.54) is 32.3 Å². The summed E-state index contributed by atoms with van der Waals surface area (Å²) in [6, 6.07) is 37.2. The normalized spacial score (nSPS) is 11.5. The van der Waals surface area contributed by atoms with Crippen LogP contribution in [0, 0.1) is 0 Å².